The zero-order valence-electron chi connectivity index (χ0n) is 7.23. The molecule has 0 amide bonds. The smallest absolute Gasteiger partial charge is 0.116 e. The molecule has 0 rings (SSSR count). The lowest BCUT2D eigenvalue weighted by Gasteiger charge is -2.04. The molecule has 0 aromatic heterocycles. The Hall–Kier alpha value is -0.633. The van der Waals surface area contributed by atoms with Gasteiger partial charge in [-0.05, 0) is 6.08 Å². The third-order valence-corrected chi connectivity index (χ3v) is 4.41. The van der Waals surface area contributed by atoms with Crippen molar-refractivity contribution in [2.75, 3.05) is 0 Å². The zero-order valence-corrected chi connectivity index (χ0v) is 8.39. The van der Waals surface area contributed by atoms with Crippen molar-refractivity contribution in [2.45, 2.75) is 19.5 Å². The van der Waals surface area contributed by atoms with Crippen LogP contribution in [0.5, 0.6) is 0 Å². The molecule has 0 N–H and O–H groups in total. The lowest BCUT2D eigenvalue weighted by molar-refractivity contribution is 0.671. The van der Waals surface area contributed by atoms with Crippen LogP contribution in [0.15, 0.2) is 36.3 Å². The van der Waals surface area contributed by atoms with Crippen molar-refractivity contribution >= 4 is 8.80 Å². The molecule has 11 heavy (non-hydrogen) atoms. The van der Waals surface area contributed by atoms with E-state index in [1.54, 1.807) is 6.08 Å². The van der Waals surface area contributed by atoms with Crippen LogP contribution in [-0.4, -0.2) is 8.80 Å². The highest BCUT2D eigenvalue weighted by Gasteiger charge is 2.01. The number of hydrogen-bond acceptors (Lipinski definition) is 0. The summed E-state index contributed by atoms with van der Waals surface area (Å²) < 4.78 is 12.1. The summed E-state index contributed by atoms with van der Waals surface area (Å²) >= 11 is 0. The van der Waals surface area contributed by atoms with E-state index in [9.17, 15) is 4.39 Å². The van der Waals surface area contributed by atoms with Crippen LogP contribution in [0.2, 0.25) is 12.6 Å². The molecule has 0 spiro atoms. The number of hydrogen-bond donors (Lipinski definition) is 0. The second-order valence-electron chi connectivity index (χ2n) is 2.66. The highest BCUT2D eigenvalue weighted by molar-refractivity contribution is 6.65. The normalized spacial score (nSPS) is 13.4. The average molecular weight is 170 g/mol. The van der Waals surface area contributed by atoms with Crippen LogP contribution in [0.25, 0.3) is 0 Å². The predicted molar refractivity (Wildman–Crippen MR) is 52.0 cm³/mol. The summed E-state index contributed by atoms with van der Waals surface area (Å²) in [5.74, 6) is -0.400. The molecule has 0 heterocycles. The number of halogens is 1. The van der Waals surface area contributed by atoms with E-state index >= 15 is 0 Å². The Balaban J connectivity index is 3.96. The van der Waals surface area contributed by atoms with Gasteiger partial charge in [-0.15, -0.1) is 6.58 Å². The molecule has 0 saturated heterocycles. The first kappa shape index (κ1) is 10.4. The fourth-order valence-electron chi connectivity index (χ4n) is 0.624. The minimum absolute atomic E-state index is 0.400. The number of allylic oxidation sites excluding steroid dienone is 4. The highest BCUT2D eigenvalue weighted by atomic mass is 28.3. The van der Waals surface area contributed by atoms with Gasteiger partial charge in [0.1, 0.15) is 5.83 Å². The van der Waals surface area contributed by atoms with Crippen LogP contribution in [0.4, 0.5) is 4.39 Å². The molecule has 0 nitrogen and oxygen atoms in total. The molecule has 0 aromatic carbocycles. The van der Waals surface area contributed by atoms with Crippen LogP contribution in [0.3, 0.4) is 0 Å². The van der Waals surface area contributed by atoms with Crippen molar-refractivity contribution in [3.05, 3.63) is 36.3 Å². The van der Waals surface area contributed by atoms with E-state index in [1.165, 1.54) is 12.1 Å². The first-order valence-corrected chi connectivity index (χ1v) is 6.34. The van der Waals surface area contributed by atoms with Crippen LogP contribution >= 0.6 is 0 Å². The standard InChI is InChI=1S/C9H15FSi/c1-5-11(4)9(3)7-6-8(2)10/h6-7,11H,2-3,5H2,1,4H3. The van der Waals surface area contributed by atoms with E-state index < -0.39 is 14.6 Å². The third-order valence-electron chi connectivity index (χ3n) is 1.72. The van der Waals surface area contributed by atoms with Gasteiger partial charge >= 0.3 is 0 Å². The molecule has 0 aliphatic rings. The fraction of sp³-hybridized carbons (Fsp3) is 0.333. The van der Waals surface area contributed by atoms with E-state index in [2.05, 4.69) is 26.6 Å². The SMILES string of the molecule is C=C(F)C=CC(=C)[SiH](C)CC. The molecule has 62 valence electrons. The third kappa shape index (κ3) is 4.73. The Morgan fingerprint density at radius 2 is 2.00 bits per heavy atom. The van der Waals surface area contributed by atoms with Gasteiger partial charge in [0, 0.05) is 0 Å². The van der Waals surface area contributed by atoms with E-state index in [0.717, 1.165) is 5.20 Å². The van der Waals surface area contributed by atoms with E-state index in [4.69, 9.17) is 0 Å². The summed E-state index contributed by atoms with van der Waals surface area (Å²) in [5, 5.41) is 1.09. The van der Waals surface area contributed by atoms with E-state index in [-0.39, 0.29) is 0 Å². The summed E-state index contributed by atoms with van der Waals surface area (Å²) in [6, 6.07) is 1.17. The van der Waals surface area contributed by atoms with Crippen molar-refractivity contribution in [1.82, 2.24) is 0 Å². The Morgan fingerprint density at radius 1 is 1.45 bits per heavy atom. The molecular weight excluding hydrogens is 155 g/mol. The molecule has 0 aliphatic carbocycles. The van der Waals surface area contributed by atoms with Gasteiger partial charge in [0.05, 0.1) is 8.80 Å². The van der Waals surface area contributed by atoms with Crippen molar-refractivity contribution < 1.29 is 4.39 Å². The monoisotopic (exact) mass is 170 g/mol. The van der Waals surface area contributed by atoms with Crippen molar-refractivity contribution in [2.24, 2.45) is 0 Å². The first-order chi connectivity index (χ1) is 5.07. The fourth-order valence-corrected chi connectivity index (χ4v) is 1.57. The van der Waals surface area contributed by atoms with Crippen LogP contribution in [0.1, 0.15) is 6.92 Å². The topological polar surface area (TPSA) is 0 Å². The minimum atomic E-state index is -0.823. The summed E-state index contributed by atoms with van der Waals surface area (Å²) in [4.78, 5) is 0. The quantitative estimate of drug-likeness (QED) is 0.449. The van der Waals surface area contributed by atoms with Gasteiger partial charge in [0.25, 0.3) is 0 Å². The summed E-state index contributed by atoms with van der Waals surface area (Å²) in [5.41, 5.74) is 0. The summed E-state index contributed by atoms with van der Waals surface area (Å²) in [6.45, 7) is 11.3. The largest absolute Gasteiger partial charge is 0.208 e. The van der Waals surface area contributed by atoms with Crippen molar-refractivity contribution in [3.8, 4) is 0 Å². The van der Waals surface area contributed by atoms with Gasteiger partial charge in [0.2, 0.25) is 0 Å². The molecule has 0 bridgehead atoms. The van der Waals surface area contributed by atoms with Gasteiger partial charge in [0.15, 0.2) is 0 Å². The van der Waals surface area contributed by atoms with Gasteiger partial charge in [-0.25, -0.2) is 4.39 Å². The maximum Gasteiger partial charge on any atom is 0.116 e. The van der Waals surface area contributed by atoms with Crippen molar-refractivity contribution in [1.29, 1.82) is 0 Å². The molecule has 1 atom stereocenters. The van der Waals surface area contributed by atoms with Gasteiger partial charge in [-0.3, -0.25) is 0 Å². The van der Waals surface area contributed by atoms with Crippen molar-refractivity contribution in [3.63, 3.8) is 0 Å². The summed E-state index contributed by atoms with van der Waals surface area (Å²) in [6.07, 6.45) is 3.12. The second kappa shape index (κ2) is 5.08. The van der Waals surface area contributed by atoms with E-state index in [1.807, 2.05) is 0 Å². The van der Waals surface area contributed by atoms with Crippen LogP contribution in [-0.2, 0) is 0 Å². The van der Waals surface area contributed by atoms with Crippen LogP contribution < -0.4 is 0 Å². The maximum absolute atomic E-state index is 12.1. The van der Waals surface area contributed by atoms with Gasteiger partial charge in [-0.2, -0.15) is 0 Å². The predicted octanol–water partition coefficient (Wildman–Crippen LogP) is 3.00. The number of rotatable bonds is 4. The Morgan fingerprint density at radius 3 is 2.36 bits per heavy atom. The molecule has 0 saturated carbocycles. The van der Waals surface area contributed by atoms with Crippen LogP contribution in [0, 0.1) is 0 Å². The Kier molecular flexibility index (Phi) is 4.78. The van der Waals surface area contributed by atoms with Gasteiger partial charge in [-0.1, -0.05) is 37.4 Å². The van der Waals surface area contributed by atoms with Gasteiger partial charge < -0.3 is 0 Å². The summed E-state index contributed by atoms with van der Waals surface area (Å²) in [7, 11) is -0.823. The average Bonchev–Trinajstić information content (AvgIpc) is 1.98. The lowest BCUT2D eigenvalue weighted by atomic mass is 10.4. The molecule has 0 aliphatic heterocycles. The first-order valence-electron chi connectivity index (χ1n) is 3.79. The second-order valence-corrected chi connectivity index (χ2v) is 6.02. The zero-order chi connectivity index (χ0) is 8.85. The highest BCUT2D eigenvalue weighted by Crippen LogP contribution is 2.06. The Labute approximate surface area is 69.7 Å². The van der Waals surface area contributed by atoms with E-state index in [0.29, 0.717) is 0 Å². The lowest BCUT2D eigenvalue weighted by Crippen LogP contribution is -2.06. The molecule has 0 radical (unpaired) electrons. The minimum Gasteiger partial charge on any atom is -0.208 e. The molecular formula is C9H15FSi. The maximum atomic E-state index is 12.1. The Bertz CT molecular complexity index is 182. The molecule has 1 unspecified atom stereocenters. The molecule has 2 heteroatoms. The molecule has 0 fully saturated rings. The molecule has 0 aromatic rings.